The number of ketones is 1. The van der Waals surface area contributed by atoms with Crippen molar-refractivity contribution in [3.63, 3.8) is 0 Å². The smallest absolute Gasteiger partial charge is 0.187 e. The predicted molar refractivity (Wildman–Crippen MR) is 73.8 cm³/mol. The van der Waals surface area contributed by atoms with Gasteiger partial charge in [0.25, 0.3) is 0 Å². The van der Waals surface area contributed by atoms with E-state index in [4.69, 9.17) is 9.15 Å². The minimum Gasteiger partial charge on any atom is -0.497 e. The number of hydrogen-bond donors (Lipinski definition) is 0. The first-order chi connectivity index (χ1) is 9.71. The van der Waals surface area contributed by atoms with Gasteiger partial charge < -0.3 is 9.15 Å². The molecule has 2 rings (SSSR count). The van der Waals surface area contributed by atoms with Gasteiger partial charge in [-0.2, -0.15) is 5.26 Å². The molecule has 0 aliphatic carbocycles. The van der Waals surface area contributed by atoms with Crippen molar-refractivity contribution in [2.75, 3.05) is 7.11 Å². The highest BCUT2D eigenvalue weighted by Crippen LogP contribution is 2.25. The van der Waals surface area contributed by atoms with Gasteiger partial charge in [-0.1, -0.05) is 19.1 Å². The first kappa shape index (κ1) is 13.9. The number of rotatable bonds is 5. The number of methoxy groups -OCH3 is 1. The minimum atomic E-state index is -0.830. The third-order valence-electron chi connectivity index (χ3n) is 3.17. The normalized spacial score (nSPS) is 11.7. The van der Waals surface area contributed by atoms with Crippen LogP contribution in [0.2, 0.25) is 0 Å². The quantitative estimate of drug-likeness (QED) is 0.781. The van der Waals surface area contributed by atoms with Gasteiger partial charge in [0, 0.05) is 6.42 Å². The molecule has 0 saturated carbocycles. The molecule has 2 aromatic rings. The molecule has 4 heteroatoms. The van der Waals surface area contributed by atoms with Crippen LogP contribution in [-0.2, 0) is 6.42 Å². The van der Waals surface area contributed by atoms with E-state index in [1.54, 1.807) is 37.4 Å². The van der Waals surface area contributed by atoms with Gasteiger partial charge in [0.15, 0.2) is 5.78 Å². The van der Waals surface area contributed by atoms with Crippen LogP contribution in [0.4, 0.5) is 0 Å². The van der Waals surface area contributed by atoms with Gasteiger partial charge >= 0.3 is 0 Å². The molecule has 1 aromatic carbocycles. The fourth-order valence-electron chi connectivity index (χ4n) is 2.07. The van der Waals surface area contributed by atoms with Gasteiger partial charge in [-0.15, -0.1) is 0 Å². The number of Topliss-reactive ketones (excluding diaryl/α,β-unsaturated/α-hetero) is 1. The molecule has 0 bridgehead atoms. The average Bonchev–Trinajstić information content (AvgIpc) is 2.97. The molecule has 0 amide bonds. The zero-order chi connectivity index (χ0) is 14.5. The highest BCUT2D eigenvalue weighted by atomic mass is 16.5. The third kappa shape index (κ3) is 2.57. The molecule has 1 aromatic heterocycles. The van der Waals surface area contributed by atoms with Gasteiger partial charge in [0.2, 0.25) is 0 Å². The van der Waals surface area contributed by atoms with Crippen molar-refractivity contribution in [1.29, 1.82) is 5.26 Å². The summed E-state index contributed by atoms with van der Waals surface area (Å²) in [5.41, 5.74) is 1.14. The van der Waals surface area contributed by atoms with Crippen molar-refractivity contribution in [3.05, 3.63) is 53.5 Å². The Morgan fingerprint density at radius 3 is 2.60 bits per heavy atom. The summed E-state index contributed by atoms with van der Waals surface area (Å²) >= 11 is 0. The van der Waals surface area contributed by atoms with E-state index in [1.165, 1.54) is 6.26 Å². The van der Waals surface area contributed by atoms with Crippen LogP contribution in [0.15, 0.2) is 41.0 Å². The van der Waals surface area contributed by atoms with E-state index in [2.05, 4.69) is 6.07 Å². The van der Waals surface area contributed by atoms with Gasteiger partial charge in [-0.05, 0) is 23.8 Å². The maximum Gasteiger partial charge on any atom is 0.187 e. The summed E-state index contributed by atoms with van der Waals surface area (Å²) in [5.74, 6) is 0.242. The summed E-state index contributed by atoms with van der Waals surface area (Å²) in [6.45, 7) is 1.91. The van der Waals surface area contributed by atoms with Gasteiger partial charge in [0.05, 0.1) is 25.0 Å². The maximum atomic E-state index is 12.5. The Morgan fingerprint density at radius 1 is 1.35 bits per heavy atom. The van der Waals surface area contributed by atoms with E-state index in [0.29, 0.717) is 29.1 Å². The Labute approximate surface area is 117 Å². The lowest BCUT2D eigenvalue weighted by atomic mass is 9.91. The van der Waals surface area contributed by atoms with Gasteiger partial charge in [-0.3, -0.25) is 4.79 Å². The van der Waals surface area contributed by atoms with Gasteiger partial charge in [0.1, 0.15) is 17.4 Å². The van der Waals surface area contributed by atoms with Crippen LogP contribution in [0.3, 0.4) is 0 Å². The van der Waals surface area contributed by atoms with Gasteiger partial charge in [-0.25, -0.2) is 0 Å². The molecular weight excluding hydrogens is 254 g/mol. The number of furan rings is 1. The molecule has 0 N–H and O–H groups in total. The third-order valence-corrected chi connectivity index (χ3v) is 3.17. The summed E-state index contributed by atoms with van der Waals surface area (Å²) in [6.07, 6.45) is 2.10. The molecule has 0 fully saturated rings. The van der Waals surface area contributed by atoms with E-state index < -0.39 is 5.92 Å². The van der Waals surface area contributed by atoms with E-state index in [1.807, 2.05) is 6.92 Å². The van der Waals surface area contributed by atoms with E-state index in [-0.39, 0.29) is 5.78 Å². The zero-order valence-electron chi connectivity index (χ0n) is 11.4. The van der Waals surface area contributed by atoms with E-state index in [0.717, 1.165) is 0 Å². The zero-order valence-corrected chi connectivity index (χ0v) is 11.4. The summed E-state index contributed by atoms with van der Waals surface area (Å²) in [7, 11) is 1.57. The summed E-state index contributed by atoms with van der Waals surface area (Å²) in [4.78, 5) is 12.5. The number of carbonyl (C=O) groups excluding carboxylic acids is 1. The number of nitriles is 1. The molecule has 1 atom stereocenters. The van der Waals surface area contributed by atoms with Crippen molar-refractivity contribution in [2.45, 2.75) is 19.3 Å². The Morgan fingerprint density at radius 2 is 2.05 bits per heavy atom. The van der Waals surface area contributed by atoms with Crippen molar-refractivity contribution in [2.24, 2.45) is 0 Å². The second kappa shape index (κ2) is 6.07. The van der Waals surface area contributed by atoms with Crippen LogP contribution < -0.4 is 4.74 Å². The van der Waals surface area contributed by atoms with E-state index >= 15 is 0 Å². The highest BCUT2D eigenvalue weighted by Gasteiger charge is 2.25. The largest absolute Gasteiger partial charge is 0.497 e. The molecule has 0 spiro atoms. The lowest BCUT2D eigenvalue weighted by Crippen LogP contribution is -2.12. The molecular formula is C16H15NO3. The number of aryl methyl sites for hydroxylation is 1. The Bertz CT molecular complexity index is 634. The number of carbonyl (C=O) groups is 1. The van der Waals surface area contributed by atoms with Crippen LogP contribution in [-0.4, -0.2) is 12.9 Å². The lowest BCUT2D eigenvalue weighted by Gasteiger charge is -2.09. The molecule has 20 heavy (non-hydrogen) atoms. The van der Waals surface area contributed by atoms with Crippen LogP contribution in [0.5, 0.6) is 5.75 Å². The van der Waals surface area contributed by atoms with Crippen LogP contribution >= 0.6 is 0 Å². The fraction of sp³-hybridized carbons (Fsp3) is 0.250. The second-order valence-electron chi connectivity index (χ2n) is 4.31. The molecule has 1 heterocycles. The SMILES string of the molecule is CCc1occc1C(=O)C(C#N)c1ccc(OC)cc1. The Balaban J connectivity index is 2.32. The maximum absolute atomic E-state index is 12.5. The highest BCUT2D eigenvalue weighted by molar-refractivity contribution is 6.03. The Hall–Kier alpha value is -2.54. The van der Waals surface area contributed by atoms with Crippen molar-refractivity contribution in [1.82, 2.24) is 0 Å². The molecule has 0 aliphatic rings. The predicted octanol–water partition coefficient (Wildman–Crippen LogP) is 3.34. The molecule has 4 nitrogen and oxygen atoms in total. The summed E-state index contributed by atoms with van der Waals surface area (Å²) in [5, 5.41) is 9.31. The lowest BCUT2D eigenvalue weighted by molar-refractivity contribution is 0.0977. The summed E-state index contributed by atoms with van der Waals surface area (Å²) < 4.78 is 10.3. The monoisotopic (exact) mass is 269 g/mol. The number of ether oxygens (including phenoxy) is 1. The molecule has 102 valence electrons. The molecule has 0 radical (unpaired) electrons. The number of hydrogen-bond acceptors (Lipinski definition) is 4. The fourth-order valence-corrected chi connectivity index (χ4v) is 2.07. The minimum absolute atomic E-state index is 0.233. The molecule has 0 saturated heterocycles. The first-order valence-corrected chi connectivity index (χ1v) is 6.35. The van der Waals surface area contributed by atoms with Crippen LogP contribution in [0.1, 0.15) is 34.5 Å². The summed E-state index contributed by atoms with van der Waals surface area (Å²) in [6, 6.07) is 10.6. The van der Waals surface area contributed by atoms with Crippen molar-refractivity contribution < 1.29 is 13.9 Å². The number of nitrogens with zero attached hydrogens (tertiary/aromatic N) is 1. The second-order valence-corrected chi connectivity index (χ2v) is 4.31. The molecule has 0 aliphatic heterocycles. The standard InChI is InChI=1S/C16H15NO3/c1-3-15-13(8-9-20-15)16(18)14(10-17)11-4-6-12(19-2)7-5-11/h4-9,14H,3H2,1-2H3. The Kier molecular flexibility index (Phi) is 4.21. The number of benzene rings is 1. The topological polar surface area (TPSA) is 63.2 Å². The average molecular weight is 269 g/mol. The van der Waals surface area contributed by atoms with E-state index in [9.17, 15) is 10.1 Å². The van der Waals surface area contributed by atoms with Crippen molar-refractivity contribution >= 4 is 5.78 Å². The molecule has 1 unspecified atom stereocenters. The van der Waals surface area contributed by atoms with Crippen molar-refractivity contribution in [3.8, 4) is 11.8 Å². The van der Waals surface area contributed by atoms with Crippen LogP contribution in [0.25, 0.3) is 0 Å². The van der Waals surface area contributed by atoms with Crippen LogP contribution in [0, 0.1) is 11.3 Å². The first-order valence-electron chi connectivity index (χ1n) is 6.35.